The minimum absolute atomic E-state index is 0.128. The van der Waals surface area contributed by atoms with E-state index in [1.165, 1.54) is 12.3 Å². The average Bonchev–Trinajstić information content (AvgIpc) is 2.55. The maximum atomic E-state index is 11.5. The zero-order valence-corrected chi connectivity index (χ0v) is 13.7. The first-order valence-electron chi connectivity index (χ1n) is 8.05. The lowest BCUT2D eigenvalue weighted by molar-refractivity contribution is -0.115. The number of carboxylic acids is 1. The van der Waals surface area contributed by atoms with E-state index in [2.05, 4.69) is 22.1 Å². The van der Waals surface area contributed by atoms with Crippen molar-refractivity contribution in [3.8, 4) is 0 Å². The molecule has 0 saturated carbocycles. The van der Waals surface area contributed by atoms with Crippen LogP contribution in [0.1, 0.15) is 37.0 Å². The average molecular weight is 320 g/mol. The fourth-order valence-corrected chi connectivity index (χ4v) is 2.68. The zero-order valence-electron chi connectivity index (χ0n) is 13.7. The van der Waals surface area contributed by atoms with Crippen LogP contribution in [0.4, 0.5) is 11.5 Å². The van der Waals surface area contributed by atoms with Crippen LogP contribution in [0.15, 0.2) is 12.3 Å². The molecule has 0 unspecified atom stereocenters. The predicted octanol–water partition coefficient (Wildman–Crippen LogP) is 1.66. The molecule has 0 spiro atoms. The summed E-state index contributed by atoms with van der Waals surface area (Å²) < 4.78 is 0. The molecule has 1 aromatic heterocycles. The molecule has 0 aromatic carbocycles. The van der Waals surface area contributed by atoms with Crippen LogP contribution in [0.5, 0.6) is 0 Å². The summed E-state index contributed by atoms with van der Waals surface area (Å²) in [6.45, 7) is 8.29. The largest absolute Gasteiger partial charge is 0.478 e. The molecule has 1 saturated heterocycles. The van der Waals surface area contributed by atoms with E-state index in [-0.39, 0.29) is 11.5 Å². The SMILES string of the molecule is CCCN1CCN(c2ncc(NC(=O)CC)cc2C(=O)O)CC1. The molecular formula is C16H24N4O3. The van der Waals surface area contributed by atoms with Gasteiger partial charge in [-0.1, -0.05) is 13.8 Å². The molecule has 2 rings (SSSR count). The number of hydrogen-bond acceptors (Lipinski definition) is 5. The van der Waals surface area contributed by atoms with Gasteiger partial charge in [-0.2, -0.15) is 0 Å². The summed E-state index contributed by atoms with van der Waals surface area (Å²) in [4.78, 5) is 31.7. The van der Waals surface area contributed by atoms with Crippen molar-refractivity contribution in [1.29, 1.82) is 0 Å². The summed E-state index contributed by atoms with van der Waals surface area (Å²) in [5.41, 5.74) is 0.547. The molecule has 0 bridgehead atoms. The molecule has 0 aliphatic carbocycles. The van der Waals surface area contributed by atoms with Gasteiger partial charge in [-0.05, 0) is 19.0 Å². The summed E-state index contributed by atoms with van der Waals surface area (Å²) in [6.07, 6.45) is 2.97. The number of hydrogen-bond donors (Lipinski definition) is 2. The van der Waals surface area contributed by atoms with E-state index in [0.29, 0.717) is 17.9 Å². The molecule has 1 aromatic rings. The maximum Gasteiger partial charge on any atom is 0.339 e. The molecule has 7 nitrogen and oxygen atoms in total. The number of pyridine rings is 1. The Labute approximate surface area is 136 Å². The van der Waals surface area contributed by atoms with E-state index in [9.17, 15) is 14.7 Å². The van der Waals surface area contributed by atoms with E-state index in [1.807, 2.05) is 4.90 Å². The number of nitrogens with one attached hydrogen (secondary N) is 1. The minimum Gasteiger partial charge on any atom is -0.478 e. The highest BCUT2D eigenvalue weighted by atomic mass is 16.4. The molecule has 1 amide bonds. The minimum atomic E-state index is -1.03. The van der Waals surface area contributed by atoms with E-state index in [1.54, 1.807) is 6.92 Å². The van der Waals surface area contributed by atoms with Crippen molar-refractivity contribution in [2.24, 2.45) is 0 Å². The number of aromatic carboxylic acids is 1. The second-order valence-corrected chi connectivity index (χ2v) is 5.63. The Kier molecular flexibility index (Phi) is 5.92. The number of rotatable bonds is 6. The Hall–Kier alpha value is -2.15. The van der Waals surface area contributed by atoms with Gasteiger partial charge < -0.3 is 15.3 Å². The highest BCUT2D eigenvalue weighted by Crippen LogP contribution is 2.23. The normalized spacial score (nSPS) is 15.5. The molecule has 0 atom stereocenters. The molecule has 23 heavy (non-hydrogen) atoms. The van der Waals surface area contributed by atoms with Crippen molar-refractivity contribution < 1.29 is 14.7 Å². The van der Waals surface area contributed by atoms with Crippen molar-refractivity contribution >= 4 is 23.4 Å². The summed E-state index contributed by atoms with van der Waals surface area (Å²) in [5.74, 6) is -0.719. The van der Waals surface area contributed by atoms with Gasteiger partial charge in [-0.25, -0.2) is 9.78 Å². The first kappa shape index (κ1) is 17.2. The van der Waals surface area contributed by atoms with Crippen molar-refractivity contribution in [3.05, 3.63) is 17.8 Å². The molecule has 1 aliphatic heterocycles. The van der Waals surface area contributed by atoms with Gasteiger partial charge in [-0.3, -0.25) is 9.69 Å². The lowest BCUT2D eigenvalue weighted by atomic mass is 10.2. The van der Waals surface area contributed by atoms with E-state index in [4.69, 9.17) is 0 Å². The van der Waals surface area contributed by atoms with Crippen LogP contribution >= 0.6 is 0 Å². The monoisotopic (exact) mass is 320 g/mol. The summed E-state index contributed by atoms with van der Waals surface area (Å²) >= 11 is 0. The number of nitrogens with zero attached hydrogens (tertiary/aromatic N) is 3. The van der Waals surface area contributed by atoms with Crippen LogP contribution in [-0.4, -0.2) is 59.6 Å². The van der Waals surface area contributed by atoms with Crippen molar-refractivity contribution in [1.82, 2.24) is 9.88 Å². The number of carbonyl (C=O) groups excluding carboxylic acids is 1. The highest BCUT2D eigenvalue weighted by Gasteiger charge is 2.22. The number of aromatic nitrogens is 1. The van der Waals surface area contributed by atoms with Crippen LogP contribution < -0.4 is 10.2 Å². The second kappa shape index (κ2) is 7.92. The molecule has 1 aliphatic rings. The van der Waals surface area contributed by atoms with Crippen molar-refractivity contribution in [3.63, 3.8) is 0 Å². The van der Waals surface area contributed by atoms with Gasteiger partial charge in [0.05, 0.1) is 11.9 Å². The molecule has 0 radical (unpaired) electrons. The van der Waals surface area contributed by atoms with Crippen LogP contribution in [0.3, 0.4) is 0 Å². The number of amides is 1. The van der Waals surface area contributed by atoms with E-state index < -0.39 is 5.97 Å². The molecular weight excluding hydrogens is 296 g/mol. The standard InChI is InChI=1S/C16H24N4O3/c1-3-5-19-6-8-20(9-7-19)15-13(16(22)23)10-12(11-17-15)18-14(21)4-2/h10-11H,3-9H2,1-2H3,(H,18,21)(H,22,23). The number of carbonyl (C=O) groups is 2. The lowest BCUT2D eigenvalue weighted by Gasteiger charge is -2.35. The zero-order chi connectivity index (χ0) is 16.8. The fraction of sp³-hybridized carbons (Fsp3) is 0.562. The van der Waals surface area contributed by atoms with Crippen LogP contribution in [-0.2, 0) is 4.79 Å². The topological polar surface area (TPSA) is 85.8 Å². The van der Waals surface area contributed by atoms with Crippen LogP contribution in [0.2, 0.25) is 0 Å². The lowest BCUT2D eigenvalue weighted by Crippen LogP contribution is -2.47. The van der Waals surface area contributed by atoms with Gasteiger partial charge in [0.15, 0.2) is 0 Å². The predicted molar refractivity (Wildman–Crippen MR) is 89.1 cm³/mol. The van der Waals surface area contributed by atoms with Gasteiger partial charge in [0.2, 0.25) is 5.91 Å². The molecule has 2 N–H and O–H groups in total. The highest BCUT2D eigenvalue weighted by molar-refractivity contribution is 5.96. The van der Waals surface area contributed by atoms with Gasteiger partial charge in [0.1, 0.15) is 11.4 Å². The number of carboxylic acid groups (broad SMARTS) is 1. The van der Waals surface area contributed by atoms with Crippen molar-refractivity contribution in [2.45, 2.75) is 26.7 Å². The Morgan fingerprint density at radius 2 is 1.96 bits per heavy atom. The third-order valence-electron chi connectivity index (χ3n) is 3.91. The van der Waals surface area contributed by atoms with Crippen molar-refractivity contribution in [2.75, 3.05) is 42.9 Å². The second-order valence-electron chi connectivity index (χ2n) is 5.63. The van der Waals surface area contributed by atoms with E-state index in [0.717, 1.165) is 39.1 Å². The van der Waals surface area contributed by atoms with Gasteiger partial charge in [-0.15, -0.1) is 0 Å². The maximum absolute atomic E-state index is 11.5. The van der Waals surface area contributed by atoms with Crippen LogP contribution in [0, 0.1) is 0 Å². The number of anilines is 2. The molecule has 2 heterocycles. The summed E-state index contributed by atoms with van der Waals surface area (Å²) in [7, 11) is 0. The van der Waals surface area contributed by atoms with Gasteiger partial charge in [0, 0.05) is 32.6 Å². The summed E-state index contributed by atoms with van der Waals surface area (Å²) in [6, 6.07) is 1.48. The van der Waals surface area contributed by atoms with E-state index >= 15 is 0 Å². The fourth-order valence-electron chi connectivity index (χ4n) is 2.68. The van der Waals surface area contributed by atoms with Gasteiger partial charge >= 0.3 is 5.97 Å². The summed E-state index contributed by atoms with van der Waals surface area (Å²) in [5, 5.41) is 12.1. The number of piperazine rings is 1. The Morgan fingerprint density at radius 3 is 2.52 bits per heavy atom. The third kappa shape index (κ3) is 4.41. The molecule has 7 heteroatoms. The van der Waals surface area contributed by atoms with Gasteiger partial charge in [0.25, 0.3) is 0 Å². The quantitative estimate of drug-likeness (QED) is 0.829. The third-order valence-corrected chi connectivity index (χ3v) is 3.91. The molecule has 126 valence electrons. The Morgan fingerprint density at radius 1 is 1.26 bits per heavy atom. The molecule has 1 fully saturated rings. The Bertz CT molecular complexity index is 568. The first-order chi connectivity index (χ1) is 11.0. The Balaban J connectivity index is 2.15. The van der Waals surface area contributed by atoms with Crippen LogP contribution in [0.25, 0.3) is 0 Å². The first-order valence-corrected chi connectivity index (χ1v) is 8.05. The smallest absolute Gasteiger partial charge is 0.339 e.